The first-order valence-corrected chi connectivity index (χ1v) is 16.4. The fourth-order valence-corrected chi connectivity index (χ4v) is 7.62. The van der Waals surface area contributed by atoms with Crippen LogP contribution in [0, 0.1) is 0 Å². The lowest BCUT2D eigenvalue weighted by molar-refractivity contribution is 0.0371. The Morgan fingerprint density at radius 3 is 1.92 bits per heavy atom. The van der Waals surface area contributed by atoms with E-state index in [2.05, 4.69) is 56.1 Å². The van der Waals surface area contributed by atoms with Gasteiger partial charge in [-0.3, -0.25) is 9.80 Å². The van der Waals surface area contributed by atoms with Crippen molar-refractivity contribution in [3.63, 3.8) is 0 Å². The molecule has 1 aromatic rings. The van der Waals surface area contributed by atoms with Crippen LogP contribution in [0.1, 0.15) is 88.2 Å². The minimum Gasteiger partial charge on any atom is -0.379 e. The lowest BCUT2D eigenvalue weighted by Gasteiger charge is -2.35. The van der Waals surface area contributed by atoms with Crippen LogP contribution in [0.5, 0.6) is 0 Å². The molecule has 2 saturated heterocycles. The molecule has 4 aliphatic rings. The van der Waals surface area contributed by atoms with Crippen molar-refractivity contribution < 1.29 is 9.47 Å². The second-order valence-electron chi connectivity index (χ2n) is 11.8. The highest BCUT2D eigenvalue weighted by Crippen LogP contribution is 2.55. The van der Waals surface area contributed by atoms with E-state index in [0.29, 0.717) is 0 Å². The van der Waals surface area contributed by atoms with Crippen LogP contribution in [-0.2, 0) is 14.9 Å². The lowest BCUT2D eigenvalue weighted by Crippen LogP contribution is -2.36. The maximum absolute atomic E-state index is 5.51. The number of rotatable bonds is 14. The first-order valence-electron chi connectivity index (χ1n) is 15.6. The second-order valence-corrected chi connectivity index (χ2v) is 12.8. The van der Waals surface area contributed by atoms with E-state index in [1.807, 2.05) is 0 Å². The third-order valence-corrected chi connectivity index (χ3v) is 9.86. The molecule has 2 aliphatic heterocycles. The highest BCUT2D eigenvalue weighted by atomic mass is 79.9. The Balaban J connectivity index is 1.18. The fraction of sp³-hybridized carbons (Fsp3) is 0.697. The molecule has 5 rings (SSSR count). The monoisotopic (exact) mass is 584 g/mol. The molecule has 0 amide bonds. The maximum Gasteiger partial charge on any atom is 0.0594 e. The van der Waals surface area contributed by atoms with Gasteiger partial charge in [-0.05, 0) is 86.0 Å². The van der Waals surface area contributed by atoms with E-state index < -0.39 is 0 Å². The van der Waals surface area contributed by atoms with Gasteiger partial charge in [0.2, 0.25) is 0 Å². The Labute approximate surface area is 239 Å². The summed E-state index contributed by atoms with van der Waals surface area (Å²) in [5.74, 6) is 0. The number of hydrogen-bond donors (Lipinski definition) is 0. The van der Waals surface area contributed by atoms with Gasteiger partial charge < -0.3 is 9.47 Å². The van der Waals surface area contributed by atoms with E-state index in [1.54, 1.807) is 22.3 Å². The highest BCUT2D eigenvalue weighted by molar-refractivity contribution is 9.10. The third-order valence-electron chi connectivity index (χ3n) is 9.37. The first-order chi connectivity index (χ1) is 18.8. The predicted molar refractivity (Wildman–Crippen MR) is 162 cm³/mol. The van der Waals surface area contributed by atoms with Crippen molar-refractivity contribution in [3.05, 3.63) is 51.5 Å². The molecule has 0 bridgehead atoms. The molecule has 0 unspecified atom stereocenters. The molecule has 210 valence electrons. The number of morpholine rings is 2. The molecule has 0 saturated carbocycles. The number of benzene rings is 1. The van der Waals surface area contributed by atoms with Crippen LogP contribution >= 0.6 is 15.9 Å². The first kappa shape index (κ1) is 28.5. The summed E-state index contributed by atoms with van der Waals surface area (Å²) < 4.78 is 12.3. The number of hydrogen-bond acceptors (Lipinski definition) is 4. The third kappa shape index (κ3) is 7.20. The van der Waals surface area contributed by atoms with Gasteiger partial charge in [0.05, 0.1) is 26.4 Å². The van der Waals surface area contributed by atoms with Gasteiger partial charge in [-0.25, -0.2) is 0 Å². The molecule has 0 aromatic heterocycles. The van der Waals surface area contributed by atoms with Crippen LogP contribution < -0.4 is 0 Å². The van der Waals surface area contributed by atoms with Crippen molar-refractivity contribution in [3.8, 4) is 0 Å². The van der Waals surface area contributed by atoms with Gasteiger partial charge in [0.25, 0.3) is 0 Å². The summed E-state index contributed by atoms with van der Waals surface area (Å²) in [6, 6.07) is 7.13. The Bertz CT molecular complexity index is 916. The maximum atomic E-state index is 5.51. The zero-order valence-electron chi connectivity index (χ0n) is 23.5. The van der Waals surface area contributed by atoms with Gasteiger partial charge in [0.1, 0.15) is 0 Å². The van der Waals surface area contributed by atoms with Gasteiger partial charge >= 0.3 is 0 Å². The van der Waals surface area contributed by atoms with Crippen molar-refractivity contribution in [2.24, 2.45) is 0 Å². The molecule has 4 nitrogen and oxygen atoms in total. The van der Waals surface area contributed by atoms with Gasteiger partial charge in [0, 0.05) is 36.1 Å². The molecule has 5 heteroatoms. The fourth-order valence-electron chi connectivity index (χ4n) is 7.26. The molecule has 0 radical (unpaired) electrons. The molecule has 0 spiro atoms. The van der Waals surface area contributed by atoms with Crippen molar-refractivity contribution in [1.29, 1.82) is 0 Å². The average Bonchev–Trinajstić information content (AvgIpc) is 3.22. The lowest BCUT2D eigenvalue weighted by atomic mass is 9.69. The van der Waals surface area contributed by atoms with Crippen LogP contribution in [0.25, 0.3) is 5.57 Å². The minimum atomic E-state index is 0.208. The van der Waals surface area contributed by atoms with Crippen LogP contribution in [0.3, 0.4) is 0 Å². The molecule has 1 aromatic carbocycles. The van der Waals surface area contributed by atoms with Crippen molar-refractivity contribution in [1.82, 2.24) is 9.80 Å². The number of ether oxygens (including phenoxy) is 2. The van der Waals surface area contributed by atoms with Crippen molar-refractivity contribution >= 4 is 21.5 Å². The van der Waals surface area contributed by atoms with Crippen molar-refractivity contribution in [2.75, 3.05) is 65.7 Å². The number of unbranched alkanes of at least 4 members (excludes halogenated alkanes) is 6. The van der Waals surface area contributed by atoms with Crippen LogP contribution in [-0.4, -0.2) is 75.5 Å². The molecule has 2 heterocycles. The Morgan fingerprint density at radius 1 is 0.737 bits per heavy atom. The van der Waals surface area contributed by atoms with Gasteiger partial charge in [-0.2, -0.15) is 0 Å². The Hall–Kier alpha value is -0.980. The number of allylic oxidation sites excluding steroid dienone is 4. The zero-order chi connectivity index (χ0) is 26.0. The quantitative estimate of drug-likeness (QED) is 0.213. The molecule has 38 heavy (non-hydrogen) atoms. The van der Waals surface area contributed by atoms with E-state index in [0.717, 1.165) is 52.6 Å². The van der Waals surface area contributed by atoms with Gasteiger partial charge in [-0.1, -0.05) is 72.7 Å². The molecular formula is C33H49BrN2O2. The number of halogens is 1. The molecule has 2 fully saturated rings. The average molecular weight is 586 g/mol. The summed E-state index contributed by atoms with van der Waals surface area (Å²) in [4.78, 5) is 5.16. The van der Waals surface area contributed by atoms with Crippen molar-refractivity contribution in [2.45, 2.75) is 82.5 Å². The summed E-state index contributed by atoms with van der Waals surface area (Å²) in [5.41, 5.74) is 6.69. The summed E-state index contributed by atoms with van der Waals surface area (Å²) in [7, 11) is 0. The van der Waals surface area contributed by atoms with E-state index in [4.69, 9.17) is 9.47 Å². The Kier molecular flexibility index (Phi) is 11.0. The summed E-state index contributed by atoms with van der Waals surface area (Å²) >= 11 is 3.83. The largest absolute Gasteiger partial charge is 0.379 e. The zero-order valence-corrected chi connectivity index (χ0v) is 25.1. The smallest absolute Gasteiger partial charge is 0.0594 e. The van der Waals surface area contributed by atoms with Crippen LogP contribution in [0.15, 0.2) is 40.4 Å². The topological polar surface area (TPSA) is 24.9 Å². The normalized spacial score (nSPS) is 21.6. The summed E-state index contributed by atoms with van der Waals surface area (Å²) in [6.07, 6.45) is 20.7. The second kappa shape index (κ2) is 14.6. The molecule has 0 N–H and O–H groups in total. The number of fused-ring (bicyclic) bond motifs is 2. The predicted octanol–water partition coefficient (Wildman–Crippen LogP) is 7.37. The van der Waals surface area contributed by atoms with Crippen LogP contribution in [0.4, 0.5) is 0 Å². The minimum absolute atomic E-state index is 0.208. The summed E-state index contributed by atoms with van der Waals surface area (Å²) in [5, 5.41) is 0. The molecule has 2 aliphatic carbocycles. The molecule has 0 atom stereocenters. The van der Waals surface area contributed by atoms with Gasteiger partial charge in [0.15, 0.2) is 0 Å². The van der Waals surface area contributed by atoms with Crippen LogP contribution in [0.2, 0.25) is 0 Å². The van der Waals surface area contributed by atoms with Gasteiger partial charge in [-0.15, -0.1) is 0 Å². The molecular weight excluding hydrogens is 536 g/mol. The van der Waals surface area contributed by atoms with E-state index in [9.17, 15) is 0 Å². The Morgan fingerprint density at radius 2 is 1.32 bits per heavy atom. The summed E-state index contributed by atoms with van der Waals surface area (Å²) in [6.45, 7) is 10.6. The van der Waals surface area contributed by atoms with E-state index in [-0.39, 0.29) is 5.41 Å². The number of nitrogens with zero attached hydrogens (tertiary/aromatic N) is 2. The van der Waals surface area contributed by atoms with E-state index in [1.165, 1.54) is 94.6 Å². The van der Waals surface area contributed by atoms with E-state index >= 15 is 0 Å². The highest BCUT2D eigenvalue weighted by Gasteiger charge is 2.43. The SMILES string of the molecule is Brc1ccc2c(c1)C(CCCCCCN1CCOCC1)(CCCCCCN1CCOCC1)C1=C2CCC=C1. The standard InChI is InChI=1S/C33H49BrN2O2/c34-28-13-14-30-29-11-5-6-12-31(29)33(32(30)27-28,15-7-1-3-9-17-35-19-23-37-24-20-35)16-8-2-4-10-18-36-21-25-38-26-22-36/h6,12-14,27H,1-5,7-11,15-26H2.